The molecule has 1 aromatic carbocycles. The van der Waals surface area contributed by atoms with Crippen LogP contribution in [0.5, 0.6) is 0 Å². The molecule has 1 unspecified atom stereocenters. The molecule has 0 aliphatic rings. The van der Waals surface area contributed by atoms with Crippen molar-refractivity contribution in [3.05, 3.63) is 41.3 Å². The van der Waals surface area contributed by atoms with Crippen LogP contribution in [-0.4, -0.2) is 36.8 Å². The number of carbonyl (C=O) groups excluding carboxylic acids is 1. The number of hydrogen-bond acceptors (Lipinski definition) is 6. The smallest absolute Gasteiger partial charge is 0.323 e. The highest BCUT2D eigenvalue weighted by molar-refractivity contribution is 5.81. The molecule has 1 aromatic heterocycles. The highest BCUT2D eigenvalue weighted by Crippen LogP contribution is 2.28. The van der Waals surface area contributed by atoms with Crippen LogP contribution in [-0.2, 0) is 9.53 Å². The summed E-state index contributed by atoms with van der Waals surface area (Å²) in [6, 6.07) is 7.60. The molecule has 0 saturated heterocycles. The summed E-state index contributed by atoms with van der Waals surface area (Å²) in [5.74, 6) is -0.424. The lowest BCUT2D eigenvalue weighted by atomic mass is 9.95. The number of anilines is 1. The molecular weight excluding hydrogens is 270 g/mol. The summed E-state index contributed by atoms with van der Waals surface area (Å²) in [6.07, 6.45) is 0. The molecule has 0 bridgehead atoms. The van der Waals surface area contributed by atoms with Crippen LogP contribution < -0.4 is 4.90 Å². The predicted octanol–water partition coefficient (Wildman–Crippen LogP) is 2.14. The average molecular weight is 289 g/mol. The molecule has 0 spiro atoms. The topological polar surface area (TPSA) is 68.5 Å². The first-order chi connectivity index (χ1) is 10.0. The Morgan fingerprint density at radius 1 is 1.38 bits per heavy atom. The lowest BCUT2D eigenvalue weighted by Crippen LogP contribution is -2.19. The maximum absolute atomic E-state index is 12.3. The van der Waals surface area contributed by atoms with Crippen molar-refractivity contribution in [2.75, 3.05) is 25.6 Å². The van der Waals surface area contributed by atoms with Crippen molar-refractivity contribution in [1.82, 2.24) is 10.1 Å². The van der Waals surface area contributed by atoms with Gasteiger partial charge in [-0.15, -0.1) is 0 Å². The van der Waals surface area contributed by atoms with Gasteiger partial charge in [-0.3, -0.25) is 4.79 Å². The second kappa shape index (κ2) is 6.39. The molecule has 0 radical (unpaired) electrons. The molecule has 0 aliphatic heterocycles. The summed E-state index contributed by atoms with van der Waals surface area (Å²) < 4.78 is 10.4. The molecule has 1 atom stereocenters. The van der Waals surface area contributed by atoms with Crippen LogP contribution in [0.25, 0.3) is 0 Å². The number of rotatable bonds is 5. The molecule has 0 saturated carbocycles. The number of carbonyl (C=O) groups is 1. The first-order valence-electron chi connectivity index (χ1n) is 6.77. The minimum absolute atomic E-state index is 0.242. The van der Waals surface area contributed by atoms with E-state index >= 15 is 0 Å². The van der Waals surface area contributed by atoms with E-state index in [9.17, 15) is 4.79 Å². The molecule has 0 amide bonds. The number of nitrogens with zero attached hydrogens (tertiary/aromatic N) is 3. The summed E-state index contributed by atoms with van der Waals surface area (Å²) in [6.45, 7) is 4.01. The summed E-state index contributed by atoms with van der Waals surface area (Å²) in [7, 11) is 3.61. The predicted molar refractivity (Wildman–Crippen MR) is 78.3 cm³/mol. The van der Waals surface area contributed by atoms with E-state index in [1.807, 2.05) is 45.3 Å². The van der Waals surface area contributed by atoms with Crippen molar-refractivity contribution in [1.29, 1.82) is 0 Å². The Bertz CT molecular complexity index is 622. The number of esters is 1. The number of aromatic nitrogens is 2. The molecule has 112 valence electrons. The van der Waals surface area contributed by atoms with E-state index in [-0.39, 0.29) is 11.9 Å². The van der Waals surface area contributed by atoms with Crippen LogP contribution in [0.3, 0.4) is 0 Å². The van der Waals surface area contributed by atoms with Gasteiger partial charge in [-0.05, 0) is 30.1 Å². The zero-order valence-electron chi connectivity index (χ0n) is 12.7. The third kappa shape index (κ3) is 3.21. The van der Waals surface area contributed by atoms with Gasteiger partial charge in [-0.2, -0.15) is 4.98 Å². The Hall–Kier alpha value is -2.37. The van der Waals surface area contributed by atoms with E-state index in [2.05, 4.69) is 10.1 Å². The molecule has 6 nitrogen and oxygen atoms in total. The van der Waals surface area contributed by atoms with Gasteiger partial charge in [0.1, 0.15) is 0 Å². The molecule has 0 N–H and O–H groups in total. The SMILES string of the molecule is CCOC(=O)C(c1nc(N(C)C)no1)c1ccccc1C. The monoisotopic (exact) mass is 289 g/mol. The lowest BCUT2D eigenvalue weighted by molar-refractivity contribution is -0.144. The van der Waals surface area contributed by atoms with Crippen molar-refractivity contribution in [2.45, 2.75) is 19.8 Å². The number of ether oxygens (including phenoxy) is 1. The van der Waals surface area contributed by atoms with Crippen LogP contribution in [0.4, 0.5) is 5.95 Å². The van der Waals surface area contributed by atoms with E-state index < -0.39 is 5.92 Å². The summed E-state index contributed by atoms with van der Waals surface area (Å²) in [4.78, 5) is 18.3. The van der Waals surface area contributed by atoms with Crippen LogP contribution >= 0.6 is 0 Å². The third-order valence-corrected chi connectivity index (χ3v) is 3.10. The van der Waals surface area contributed by atoms with E-state index in [1.54, 1.807) is 11.8 Å². The molecule has 6 heteroatoms. The Balaban J connectivity index is 2.45. The van der Waals surface area contributed by atoms with Gasteiger partial charge in [0, 0.05) is 14.1 Å². The Labute approximate surface area is 123 Å². The van der Waals surface area contributed by atoms with Gasteiger partial charge in [0.05, 0.1) is 6.61 Å². The Kier molecular flexibility index (Phi) is 4.57. The number of benzene rings is 1. The number of aryl methyl sites for hydroxylation is 1. The standard InChI is InChI=1S/C15H19N3O3/c1-5-20-14(19)12(11-9-7-6-8-10(11)2)13-16-15(17-21-13)18(3)4/h6-9,12H,5H2,1-4H3. The Morgan fingerprint density at radius 2 is 2.10 bits per heavy atom. The molecule has 0 aliphatic carbocycles. The largest absolute Gasteiger partial charge is 0.465 e. The van der Waals surface area contributed by atoms with E-state index in [0.717, 1.165) is 11.1 Å². The highest BCUT2D eigenvalue weighted by Gasteiger charge is 2.31. The van der Waals surface area contributed by atoms with Crippen LogP contribution in [0, 0.1) is 6.92 Å². The van der Waals surface area contributed by atoms with Crippen LogP contribution in [0.15, 0.2) is 28.8 Å². The van der Waals surface area contributed by atoms with Gasteiger partial charge >= 0.3 is 5.97 Å². The molecule has 0 fully saturated rings. The fraction of sp³-hybridized carbons (Fsp3) is 0.400. The zero-order chi connectivity index (χ0) is 15.4. The van der Waals surface area contributed by atoms with Gasteiger partial charge in [-0.1, -0.05) is 24.3 Å². The van der Waals surface area contributed by atoms with Crippen molar-refractivity contribution >= 4 is 11.9 Å². The lowest BCUT2D eigenvalue weighted by Gasteiger charge is -2.14. The first kappa shape index (κ1) is 15.0. The van der Waals surface area contributed by atoms with Gasteiger partial charge < -0.3 is 14.2 Å². The minimum atomic E-state index is -0.702. The van der Waals surface area contributed by atoms with Gasteiger partial charge in [0.15, 0.2) is 5.92 Å². The average Bonchev–Trinajstić information content (AvgIpc) is 2.91. The van der Waals surface area contributed by atoms with Crippen molar-refractivity contribution < 1.29 is 14.1 Å². The van der Waals surface area contributed by atoms with Crippen LogP contribution in [0.2, 0.25) is 0 Å². The maximum atomic E-state index is 12.3. The van der Waals surface area contributed by atoms with Gasteiger partial charge in [0.2, 0.25) is 5.89 Å². The maximum Gasteiger partial charge on any atom is 0.323 e. The summed E-state index contributed by atoms with van der Waals surface area (Å²) in [5, 5.41) is 3.87. The van der Waals surface area contributed by atoms with Gasteiger partial charge in [-0.25, -0.2) is 0 Å². The summed E-state index contributed by atoms with van der Waals surface area (Å²) in [5.41, 5.74) is 1.78. The van der Waals surface area contributed by atoms with Crippen molar-refractivity contribution in [3.63, 3.8) is 0 Å². The fourth-order valence-electron chi connectivity index (χ4n) is 2.02. The third-order valence-electron chi connectivity index (χ3n) is 3.10. The van der Waals surface area contributed by atoms with E-state index in [4.69, 9.17) is 9.26 Å². The minimum Gasteiger partial charge on any atom is -0.465 e. The van der Waals surface area contributed by atoms with Gasteiger partial charge in [0.25, 0.3) is 5.95 Å². The molecule has 2 aromatic rings. The van der Waals surface area contributed by atoms with Crippen LogP contribution in [0.1, 0.15) is 29.9 Å². The quantitative estimate of drug-likeness (QED) is 0.785. The second-order valence-electron chi connectivity index (χ2n) is 4.87. The molecule has 21 heavy (non-hydrogen) atoms. The number of hydrogen-bond donors (Lipinski definition) is 0. The summed E-state index contributed by atoms with van der Waals surface area (Å²) >= 11 is 0. The first-order valence-corrected chi connectivity index (χ1v) is 6.77. The normalized spacial score (nSPS) is 12.0. The van der Waals surface area contributed by atoms with E-state index in [1.165, 1.54) is 0 Å². The second-order valence-corrected chi connectivity index (χ2v) is 4.87. The molecular formula is C15H19N3O3. The Morgan fingerprint density at radius 3 is 2.67 bits per heavy atom. The van der Waals surface area contributed by atoms with Crippen molar-refractivity contribution in [2.24, 2.45) is 0 Å². The van der Waals surface area contributed by atoms with E-state index in [0.29, 0.717) is 12.6 Å². The fourth-order valence-corrected chi connectivity index (χ4v) is 2.02. The molecule has 2 rings (SSSR count). The zero-order valence-corrected chi connectivity index (χ0v) is 12.7. The molecule has 1 heterocycles. The highest BCUT2D eigenvalue weighted by atomic mass is 16.5. The van der Waals surface area contributed by atoms with Crippen molar-refractivity contribution in [3.8, 4) is 0 Å².